The summed E-state index contributed by atoms with van der Waals surface area (Å²) in [7, 11) is 0. The van der Waals surface area contributed by atoms with Crippen molar-refractivity contribution >= 4 is 11.3 Å². The predicted molar refractivity (Wildman–Crippen MR) is 63.9 cm³/mol. The van der Waals surface area contributed by atoms with E-state index in [1.165, 1.54) is 21.8 Å². The van der Waals surface area contributed by atoms with E-state index in [0.717, 1.165) is 0 Å². The van der Waals surface area contributed by atoms with Crippen LogP contribution in [0.2, 0.25) is 0 Å². The van der Waals surface area contributed by atoms with Crippen molar-refractivity contribution in [1.82, 2.24) is 9.97 Å². The number of hydrogen-bond donors (Lipinski definition) is 2. The van der Waals surface area contributed by atoms with Crippen LogP contribution < -0.4 is 0 Å². The minimum absolute atomic E-state index is 1.17. The summed E-state index contributed by atoms with van der Waals surface area (Å²) in [6.45, 7) is 0. The fourth-order valence-corrected chi connectivity index (χ4v) is 2.60. The highest BCUT2D eigenvalue weighted by Gasteiger charge is 2.09. The molecule has 2 nitrogen and oxygen atoms in total. The van der Waals surface area contributed by atoms with Crippen LogP contribution >= 0.6 is 11.3 Å². The van der Waals surface area contributed by atoms with Crippen molar-refractivity contribution in [3.05, 3.63) is 48.1 Å². The van der Waals surface area contributed by atoms with E-state index in [9.17, 15) is 0 Å². The van der Waals surface area contributed by atoms with Gasteiger partial charge in [-0.2, -0.15) is 0 Å². The molecule has 2 N–H and O–H groups in total. The van der Waals surface area contributed by atoms with Crippen molar-refractivity contribution in [2.24, 2.45) is 0 Å². The average molecular weight is 214 g/mol. The number of rotatable bonds is 2. The summed E-state index contributed by atoms with van der Waals surface area (Å²) in [5.74, 6) is 0. The van der Waals surface area contributed by atoms with Gasteiger partial charge in [-0.1, -0.05) is 0 Å². The van der Waals surface area contributed by atoms with E-state index in [1.807, 2.05) is 24.5 Å². The molecule has 0 bridgehead atoms. The summed E-state index contributed by atoms with van der Waals surface area (Å²) < 4.78 is 0. The summed E-state index contributed by atoms with van der Waals surface area (Å²) in [5, 5.41) is 2.12. The molecule has 0 radical (unpaired) electrons. The zero-order chi connectivity index (χ0) is 10.1. The number of nitrogens with one attached hydrogen (secondary N) is 2. The smallest absolute Gasteiger partial charge is 0.0598 e. The first-order valence-electron chi connectivity index (χ1n) is 4.80. The van der Waals surface area contributed by atoms with Gasteiger partial charge in [0.05, 0.1) is 10.6 Å². The SMILES string of the molecule is c1c[nH]c(-c2ccsc2-c2ccc[nH]2)c1. The zero-order valence-corrected chi connectivity index (χ0v) is 8.84. The Morgan fingerprint density at radius 1 is 0.867 bits per heavy atom. The Balaban J connectivity index is 2.15. The summed E-state index contributed by atoms with van der Waals surface area (Å²) >= 11 is 1.75. The quantitative estimate of drug-likeness (QED) is 0.651. The Bertz CT molecular complexity index is 483. The Morgan fingerprint density at radius 2 is 1.60 bits per heavy atom. The Kier molecular flexibility index (Phi) is 1.96. The van der Waals surface area contributed by atoms with Gasteiger partial charge in [-0.05, 0) is 35.7 Å². The predicted octanol–water partition coefficient (Wildman–Crippen LogP) is 3.74. The van der Waals surface area contributed by atoms with Gasteiger partial charge in [-0.25, -0.2) is 0 Å². The molecule has 0 aliphatic carbocycles. The summed E-state index contributed by atoms with van der Waals surface area (Å²) in [4.78, 5) is 7.75. The van der Waals surface area contributed by atoms with Gasteiger partial charge >= 0.3 is 0 Å². The number of hydrogen-bond acceptors (Lipinski definition) is 1. The molecule has 0 unspecified atom stereocenters. The van der Waals surface area contributed by atoms with E-state index in [0.29, 0.717) is 0 Å². The molecule has 3 aromatic rings. The highest BCUT2D eigenvalue weighted by molar-refractivity contribution is 7.14. The van der Waals surface area contributed by atoms with Crippen LogP contribution in [0.1, 0.15) is 0 Å². The maximum Gasteiger partial charge on any atom is 0.0598 e. The average Bonchev–Trinajstić information content (AvgIpc) is 3.01. The lowest BCUT2D eigenvalue weighted by molar-refractivity contribution is 1.39. The fourth-order valence-electron chi connectivity index (χ4n) is 1.70. The van der Waals surface area contributed by atoms with Crippen molar-refractivity contribution in [3.63, 3.8) is 0 Å². The molecule has 3 heteroatoms. The van der Waals surface area contributed by atoms with Crippen molar-refractivity contribution in [2.75, 3.05) is 0 Å². The molecule has 0 saturated heterocycles. The van der Waals surface area contributed by atoms with Crippen molar-refractivity contribution in [2.45, 2.75) is 0 Å². The van der Waals surface area contributed by atoms with Crippen LogP contribution in [-0.4, -0.2) is 9.97 Å². The second-order valence-electron chi connectivity index (χ2n) is 3.33. The molecule has 0 spiro atoms. The minimum Gasteiger partial charge on any atom is -0.361 e. The van der Waals surface area contributed by atoms with E-state index in [4.69, 9.17) is 0 Å². The molecule has 3 heterocycles. The molecule has 0 fully saturated rings. The molecule has 3 aromatic heterocycles. The standard InChI is InChI=1S/C12H10N2S/c1-3-10(13-6-1)9-5-8-15-12(9)11-4-2-7-14-11/h1-8,13-14H. The Labute approximate surface area is 91.6 Å². The van der Waals surface area contributed by atoms with Crippen LogP contribution in [0.15, 0.2) is 48.1 Å². The molecule has 0 aliphatic rings. The molecule has 15 heavy (non-hydrogen) atoms. The third-order valence-corrected chi connectivity index (χ3v) is 3.34. The summed E-state index contributed by atoms with van der Waals surface area (Å²) in [6.07, 6.45) is 3.90. The lowest BCUT2D eigenvalue weighted by atomic mass is 10.1. The van der Waals surface area contributed by atoms with Crippen molar-refractivity contribution in [3.8, 4) is 21.8 Å². The largest absolute Gasteiger partial charge is 0.361 e. The third-order valence-electron chi connectivity index (χ3n) is 2.40. The zero-order valence-electron chi connectivity index (χ0n) is 8.03. The summed E-state index contributed by atoms with van der Waals surface area (Å²) in [5.41, 5.74) is 3.60. The van der Waals surface area contributed by atoms with Gasteiger partial charge in [0.1, 0.15) is 0 Å². The van der Waals surface area contributed by atoms with Gasteiger partial charge in [-0.15, -0.1) is 11.3 Å². The number of thiophene rings is 1. The van der Waals surface area contributed by atoms with Gasteiger partial charge in [0.15, 0.2) is 0 Å². The Morgan fingerprint density at radius 3 is 2.27 bits per heavy atom. The van der Waals surface area contributed by atoms with Crippen LogP contribution in [0, 0.1) is 0 Å². The van der Waals surface area contributed by atoms with Gasteiger partial charge in [-0.3, -0.25) is 0 Å². The molecule has 74 valence electrons. The highest BCUT2D eigenvalue weighted by atomic mass is 32.1. The Hall–Kier alpha value is -1.74. The molecular weight excluding hydrogens is 204 g/mol. The maximum atomic E-state index is 3.24. The van der Waals surface area contributed by atoms with Crippen LogP contribution in [-0.2, 0) is 0 Å². The minimum atomic E-state index is 1.17. The van der Waals surface area contributed by atoms with Crippen molar-refractivity contribution < 1.29 is 0 Å². The monoisotopic (exact) mass is 214 g/mol. The first kappa shape index (κ1) is 8.56. The third kappa shape index (κ3) is 1.41. The van der Waals surface area contributed by atoms with Crippen LogP contribution in [0.25, 0.3) is 21.8 Å². The normalized spacial score (nSPS) is 10.7. The first-order chi connectivity index (χ1) is 7.45. The molecule has 0 aliphatic heterocycles. The second-order valence-corrected chi connectivity index (χ2v) is 4.25. The lowest BCUT2D eigenvalue weighted by Gasteiger charge is -1.99. The fraction of sp³-hybridized carbons (Fsp3) is 0. The number of aromatic amines is 2. The topological polar surface area (TPSA) is 31.6 Å². The molecular formula is C12H10N2S. The van der Waals surface area contributed by atoms with Gasteiger partial charge < -0.3 is 9.97 Å². The molecule has 0 aromatic carbocycles. The van der Waals surface area contributed by atoms with E-state index < -0.39 is 0 Å². The van der Waals surface area contributed by atoms with E-state index in [1.54, 1.807) is 11.3 Å². The first-order valence-corrected chi connectivity index (χ1v) is 5.68. The second kappa shape index (κ2) is 3.44. The van der Waals surface area contributed by atoms with E-state index in [-0.39, 0.29) is 0 Å². The summed E-state index contributed by atoms with van der Waals surface area (Å²) in [6, 6.07) is 10.4. The van der Waals surface area contributed by atoms with Crippen LogP contribution in [0.4, 0.5) is 0 Å². The van der Waals surface area contributed by atoms with Crippen LogP contribution in [0.3, 0.4) is 0 Å². The van der Waals surface area contributed by atoms with Gasteiger partial charge in [0.25, 0.3) is 0 Å². The molecule has 0 amide bonds. The van der Waals surface area contributed by atoms with E-state index >= 15 is 0 Å². The highest BCUT2D eigenvalue weighted by Crippen LogP contribution is 2.34. The van der Waals surface area contributed by atoms with Gasteiger partial charge in [0, 0.05) is 23.7 Å². The molecule has 3 rings (SSSR count). The number of aromatic nitrogens is 2. The molecule has 0 saturated carbocycles. The van der Waals surface area contributed by atoms with Gasteiger partial charge in [0.2, 0.25) is 0 Å². The molecule has 0 atom stereocenters. The van der Waals surface area contributed by atoms with Crippen LogP contribution in [0.5, 0.6) is 0 Å². The maximum absolute atomic E-state index is 3.24. The van der Waals surface area contributed by atoms with E-state index in [2.05, 4.69) is 33.5 Å². The van der Waals surface area contributed by atoms with Crippen molar-refractivity contribution in [1.29, 1.82) is 0 Å². The lowest BCUT2D eigenvalue weighted by Crippen LogP contribution is -1.77. The number of H-pyrrole nitrogens is 2.